The van der Waals surface area contributed by atoms with Gasteiger partial charge in [0.15, 0.2) is 11.4 Å². The van der Waals surface area contributed by atoms with E-state index in [2.05, 4.69) is 40.6 Å². The molecule has 0 spiro atoms. The fourth-order valence-corrected chi connectivity index (χ4v) is 4.22. The third-order valence-electron chi connectivity index (χ3n) is 4.39. The van der Waals surface area contributed by atoms with E-state index in [0.717, 1.165) is 32.8 Å². The number of halogens is 2. The molecule has 0 unspecified atom stereocenters. The fraction of sp³-hybridized carbons (Fsp3) is 0.350. The first kappa shape index (κ1) is 21.2. The monoisotopic (exact) mass is 479 g/mol. The highest BCUT2D eigenvalue weighted by molar-refractivity contribution is 9.10. The van der Waals surface area contributed by atoms with E-state index in [9.17, 15) is 4.79 Å². The number of Topliss-reactive ketones (excluding diaryl/α,β-unsaturated/α-hetero) is 1. The Morgan fingerprint density at radius 3 is 2.68 bits per heavy atom. The van der Waals surface area contributed by atoms with Gasteiger partial charge in [-0.2, -0.15) is 5.10 Å². The van der Waals surface area contributed by atoms with Gasteiger partial charge in [0, 0.05) is 41.9 Å². The molecular formula is C20H23BrClN3O2Si. The van der Waals surface area contributed by atoms with Crippen LogP contribution in [0.4, 0.5) is 0 Å². The zero-order chi connectivity index (χ0) is 20.5. The quantitative estimate of drug-likeness (QED) is 0.235. The van der Waals surface area contributed by atoms with Gasteiger partial charge in [-0.05, 0) is 47.1 Å². The van der Waals surface area contributed by atoms with Gasteiger partial charge < -0.3 is 4.74 Å². The molecule has 0 aliphatic heterocycles. The fourth-order valence-electron chi connectivity index (χ4n) is 2.81. The number of aromatic nitrogens is 3. The first-order valence-corrected chi connectivity index (χ1v) is 13.9. The van der Waals surface area contributed by atoms with Crippen molar-refractivity contribution in [2.24, 2.45) is 0 Å². The van der Waals surface area contributed by atoms with Crippen molar-refractivity contribution >= 4 is 52.4 Å². The van der Waals surface area contributed by atoms with Crippen LogP contribution in [0, 0.1) is 0 Å². The average Bonchev–Trinajstić information content (AvgIpc) is 2.95. The summed E-state index contributed by atoms with van der Waals surface area (Å²) in [5.41, 5.74) is 2.84. The first-order valence-electron chi connectivity index (χ1n) is 9.06. The number of fused-ring (bicyclic) bond motifs is 1. The average molecular weight is 481 g/mol. The molecule has 0 saturated carbocycles. The molecular weight excluding hydrogens is 458 g/mol. The molecule has 0 aliphatic carbocycles. The number of hydrogen-bond donors (Lipinski definition) is 0. The molecule has 8 heteroatoms. The minimum Gasteiger partial charge on any atom is -0.359 e. The number of nitrogens with zero attached hydrogens (tertiary/aromatic N) is 3. The number of carbonyl (C=O) groups excluding carboxylic acids is 1. The third kappa shape index (κ3) is 4.89. The number of rotatable bonds is 7. The minimum absolute atomic E-state index is 0.0628. The first-order chi connectivity index (χ1) is 13.2. The van der Waals surface area contributed by atoms with Gasteiger partial charge in [-0.25, -0.2) is 9.67 Å². The van der Waals surface area contributed by atoms with Gasteiger partial charge in [0.25, 0.3) is 0 Å². The van der Waals surface area contributed by atoms with Crippen LogP contribution in [0.25, 0.3) is 22.3 Å². The molecule has 148 valence electrons. The van der Waals surface area contributed by atoms with Crippen LogP contribution in [0.1, 0.15) is 17.3 Å². The van der Waals surface area contributed by atoms with Crippen molar-refractivity contribution in [2.75, 3.05) is 6.61 Å². The van der Waals surface area contributed by atoms with E-state index in [1.54, 1.807) is 23.0 Å². The van der Waals surface area contributed by atoms with Gasteiger partial charge >= 0.3 is 0 Å². The molecule has 0 amide bonds. The summed E-state index contributed by atoms with van der Waals surface area (Å²) in [6, 6.07) is 8.45. The van der Waals surface area contributed by atoms with Crippen molar-refractivity contribution in [1.82, 2.24) is 14.8 Å². The number of hydrogen-bond acceptors (Lipinski definition) is 4. The maximum Gasteiger partial charge on any atom is 0.161 e. The third-order valence-corrected chi connectivity index (χ3v) is 6.84. The van der Waals surface area contributed by atoms with Crippen molar-refractivity contribution in [2.45, 2.75) is 39.3 Å². The normalized spacial score (nSPS) is 11.9. The number of benzene rings is 1. The number of ketones is 1. The molecule has 2 aromatic heterocycles. The van der Waals surface area contributed by atoms with E-state index in [1.165, 1.54) is 6.92 Å². The molecule has 0 fully saturated rings. The Kier molecular flexibility index (Phi) is 6.39. The molecule has 0 atom stereocenters. The summed E-state index contributed by atoms with van der Waals surface area (Å²) in [5.74, 6) is -0.0628. The van der Waals surface area contributed by atoms with Crippen LogP contribution in [0.2, 0.25) is 30.7 Å². The Bertz CT molecular complexity index is 1030. The van der Waals surface area contributed by atoms with E-state index in [1.807, 2.05) is 12.1 Å². The van der Waals surface area contributed by atoms with Crippen LogP contribution in [0.15, 0.2) is 34.9 Å². The molecule has 3 rings (SSSR count). The van der Waals surface area contributed by atoms with Crippen LogP contribution < -0.4 is 0 Å². The van der Waals surface area contributed by atoms with Gasteiger partial charge in [-0.1, -0.05) is 37.3 Å². The highest BCUT2D eigenvalue weighted by Gasteiger charge is 2.17. The Morgan fingerprint density at radius 2 is 2.04 bits per heavy atom. The summed E-state index contributed by atoms with van der Waals surface area (Å²) in [4.78, 5) is 16.2. The van der Waals surface area contributed by atoms with Crippen LogP contribution in [-0.4, -0.2) is 35.2 Å². The molecule has 1 aromatic carbocycles. The van der Waals surface area contributed by atoms with Crippen molar-refractivity contribution in [3.8, 4) is 11.3 Å². The standard InChI is InChI=1S/C20H23BrClN3O2Si/c1-13(26)16-6-5-14(9-18(16)22)19-17-10-15(21)11-23-20(17)25(24-19)12-27-7-8-28(2,3)4/h5-6,9-11H,7-8,12H2,1-4H3. The van der Waals surface area contributed by atoms with E-state index in [-0.39, 0.29) is 5.78 Å². The van der Waals surface area contributed by atoms with E-state index in [0.29, 0.717) is 23.9 Å². The van der Waals surface area contributed by atoms with Crippen LogP contribution in [0.5, 0.6) is 0 Å². The molecule has 0 radical (unpaired) electrons. The topological polar surface area (TPSA) is 57.0 Å². The van der Waals surface area contributed by atoms with Crippen molar-refractivity contribution < 1.29 is 9.53 Å². The molecule has 3 aromatic rings. The van der Waals surface area contributed by atoms with Crippen LogP contribution in [0.3, 0.4) is 0 Å². The minimum atomic E-state index is -1.14. The summed E-state index contributed by atoms with van der Waals surface area (Å²) in [7, 11) is -1.14. The van der Waals surface area contributed by atoms with Crippen molar-refractivity contribution in [1.29, 1.82) is 0 Å². The van der Waals surface area contributed by atoms with E-state index < -0.39 is 8.07 Å². The lowest BCUT2D eigenvalue weighted by molar-refractivity contribution is 0.0814. The second-order valence-electron chi connectivity index (χ2n) is 7.97. The highest BCUT2D eigenvalue weighted by atomic mass is 79.9. The lowest BCUT2D eigenvalue weighted by Gasteiger charge is -2.15. The molecule has 2 heterocycles. The summed E-state index contributed by atoms with van der Waals surface area (Å²) in [6.45, 7) is 9.53. The number of ether oxygens (including phenoxy) is 1. The largest absolute Gasteiger partial charge is 0.359 e. The zero-order valence-electron chi connectivity index (χ0n) is 16.4. The van der Waals surface area contributed by atoms with E-state index >= 15 is 0 Å². The summed E-state index contributed by atoms with van der Waals surface area (Å²) >= 11 is 9.79. The lowest BCUT2D eigenvalue weighted by atomic mass is 10.1. The van der Waals surface area contributed by atoms with Gasteiger partial charge in [0.1, 0.15) is 12.4 Å². The zero-order valence-corrected chi connectivity index (χ0v) is 19.8. The Morgan fingerprint density at radius 1 is 1.29 bits per heavy atom. The molecule has 0 aliphatic rings. The molecule has 5 nitrogen and oxygen atoms in total. The van der Waals surface area contributed by atoms with E-state index in [4.69, 9.17) is 21.4 Å². The number of carbonyl (C=O) groups is 1. The Balaban J connectivity index is 1.95. The maximum atomic E-state index is 11.7. The summed E-state index contributed by atoms with van der Waals surface area (Å²) in [6.07, 6.45) is 1.75. The summed E-state index contributed by atoms with van der Waals surface area (Å²) < 4.78 is 8.51. The van der Waals surface area contributed by atoms with Crippen molar-refractivity contribution in [3.63, 3.8) is 0 Å². The predicted molar refractivity (Wildman–Crippen MR) is 120 cm³/mol. The lowest BCUT2D eigenvalue weighted by Crippen LogP contribution is -2.22. The SMILES string of the molecule is CC(=O)c1ccc(-c2nn(COCC[Si](C)(C)C)c3ncc(Br)cc23)cc1Cl. The van der Waals surface area contributed by atoms with Gasteiger partial charge in [0.05, 0.1) is 5.02 Å². The molecule has 0 bridgehead atoms. The highest BCUT2D eigenvalue weighted by Crippen LogP contribution is 2.31. The van der Waals surface area contributed by atoms with Crippen molar-refractivity contribution in [3.05, 3.63) is 45.5 Å². The van der Waals surface area contributed by atoms with Crippen LogP contribution >= 0.6 is 27.5 Å². The van der Waals surface area contributed by atoms with Crippen LogP contribution in [-0.2, 0) is 11.5 Å². The Hall–Kier alpha value is -1.54. The maximum absolute atomic E-state index is 11.7. The van der Waals surface area contributed by atoms with Gasteiger partial charge in [-0.15, -0.1) is 0 Å². The smallest absolute Gasteiger partial charge is 0.161 e. The van der Waals surface area contributed by atoms with Gasteiger partial charge in [-0.3, -0.25) is 4.79 Å². The second-order valence-corrected chi connectivity index (χ2v) is 14.9. The molecule has 0 N–H and O–H groups in total. The molecule has 0 saturated heterocycles. The predicted octanol–water partition coefficient (Wildman–Crippen LogP) is 6.03. The molecule has 28 heavy (non-hydrogen) atoms. The van der Waals surface area contributed by atoms with Gasteiger partial charge in [0.2, 0.25) is 0 Å². The summed E-state index contributed by atoms with van der Waals surface area (Å²) in [5, 5.41) is 6.04. The Labute approximate surface area is 179 Å². The second kappa shape index (κ2) is 8.45. The number of pyridine rings is 1.